The van der Waals surface area contributed by atoms with E-state index < -0.39 is 0 Å². The Morgan fingerprint density at radius 1 is 1.44 bits per heavy atom. The van der Waals surface area contributed by atoms with Crippen molar-refractivity contribution in [2.24, 2.45) is 11.7 Å². The average Bonchev–Trinajstić information content (AvgIpc) is 2.43. The number of hydrogen-bond acceptors (Lipinski definition) is 3. The van der Waals surface area contributed by atoms with E-state index >= 15 is 0 Å². The largest absolute Gasteiger partial charge is 0.493 e. The molecule has 0 saturated carbocycles. The van der Waals surface area contributed by atoms with Crippen LogP contribution in [0.25, 0.3) is 0 Å². The van der Waals surface area contributed by atoms with Gasteiger partial charge >= 0.3 is 0 Å². The molecule has 1 aliphatic heterocycles. The maximum Gasteiger partial charge on any atom is 0.122 e. The zero-order valence-electron chi connectivity index (χ0n) is 11.2. The second-order valence-electron chi connectivity index (χ2n) is 5.19. The molecule has 3 nitrogen and oxygen atoms in total. The summed E-state index contributed by atoms with van der Waals surface area (Å²) in [6.45, 7) is 5.81. The van der Waals surface area contributed by atoms with Crippen molar-refractivity contribution in [2.75, 3.05) is 26.2 Å². The average molecular weight is 248 g/mol. The highest BCUT2D eigenvalue weighted by Crippen LogP contribution is 2.25. The van der Waals surface area contributed by atoms with Gasteiger partial charge in [0, 0.05) is 0 Å². The highest BCUT2D eigenvalue weighted by molar-refractivity contribution is 5.38. The van der Waals surface area contributed by atoms with E-state index in [1.54, 1.807) is 0 Å². The molecule has 1 atom stereocenters. The van der Waals surface area contributed by atoms with Gasteiger partial charge < -0.3 is 15.8 Å². The molecule has 1 aromatic carbocycles. The summed E-state index contributed by atoms with van der Waals surface area (Å²) in [6.07, 6.45) is 3.37. The fourth-order valence-corrected chi connectivity index (χ4v) is 2.23. The van der Waals surface area contributed by atoms with E-state index in [2.05, 4.69) is 30.4 Å². The number of nitrogens with one attached hydrogen (secondary N) is 1. The minimum atomic E-state index is 0.557. The Morgan fingerprint density at radius 2 is 2.33 bits per heavy atom. The second-order valence-corrected chi connectivity index (χ2v) is 5.19. The van der Waals surface area contributed by atoms with E-state index in [-0.39, 0.29) is 0 Å². The van der Waals surface area contributed by atoms with Crippen LogP contribution in [0.15, 0.2) is 18.2 Å². The molecule has 1 unspecified atom stereocenters. The lowest BCUT2D eigenvalue weighted by Gasteiger charge is -2.18. The van der Waals surface area contributed by atoms with Crippen LogP contribution in [0.5, 0.6) is 5.75 Å². The Balaban J connectivity index is 1.79. The normalized spacial score (nSPS) is 15.9. The molecular weight excluding hydrogens is 224 g/mol. The topological polar surface area (TPSA) is 47.3 Å². The molecule has 1 aliphatic rings. The molecule has 1 heterocycles. The molecule has 3 heteroatoms. The number of nitrogens with two attached hydrogens (primary N) is 1. The number of rotatable bonds is 6. The first-order valence-corrected chi connectivity index (χ1v) is 6.95. The van der Waals surface area contributed by atoms with E-state index in [9.17, 15) is 0 Å². The Labute approximate surface area is 110 Å². The fraction of sp³-hybridized carbons (Fsp3) is 0.600. The maximum absolute atomic E-state index is 5.62. The van der Waals surface area contributed by atoms with E-state index in [4.69, 9.17) is 10.5 Å². The maximum atomic E-state index is 5.62. The third kappa shape index (κ3) is 3.72. The molecule has 1 aromatic rings. The van der Waals surface area contributed by atoms with Crippen LogP contribution in [0, 0.1) is 5.92 Å². The summed E-state index contributed by atoms with van der Waals surface area (Å²) in [5.41, 5.74) is 8.35. The molecule has 0 radical (unpaired) electrons. The van der Waals surface area contributed by atoms with Crippen LogP contribution < -0.4 is 15.8 Å². The predicted molar refractivity (Wildman–Crippen MR) is 75.1 cm³/mol. The van der Waals surface area contributed by atoms with Gasteiger partial charge in [0.1, 0.15) is 5.75 Å². The lowest BCUT2D eigenvalue weighted by Crippen LogP contribution is -2.27. The minimum Gasteiger partial charge on any atom is -0.493 e. The Hall–Kier alpha value is -1.06. The summed E-state index contributed by atoms with van der Waals surface area (Å²) >= 11 is 0. The van der Waals surface area contributed by atoms with Gasteiger partial charge in [0.2, 0.25) is 0 Å². The molecule has 0 amide bonds. The van der Waals surface area contributed by atoms with Gasteiger partial charge in [-0.3, -0.25) is 0 Å². The minimum absolute atomic E-state index is 0.557. The summed E-state index contributed by atoms with van der Waals surface area (Å²) in [4.78, 5) is 0. The van der Waals surface area contributed by atoms with Gasteiger partial charge in [0.25, 0.3) is 0 Å². The summed E-state index contributed by atoms with van der Waals surface area (Å²) in [6, 6.07) is 6.59. The van der Waals surface area contributed by atoms with Crippen molar-refractivity contribution < 1.29 is 4.74 Å². The van der Waals surface area contributed by atoms with E-state index in [1.807, 2.05) is 0 Å². The smallest absolute Gasteiger partial charge is 0.122 e. The zero-order chi connectivity index (χ0) is 12.8. The van der Waals surface area contributed by atoms with Crippen LogP contribution in [0.4, 0.5) is 0 Å². The van der Waals surface area contributed by atoms with Crippen molar-refractivity contribution in [1.82, 2.24) is 5.32 Å². The van der Waals surface area contributed by atoms with Gasteiger partial charge in [-0.25, -0.2) is 0 Å². The van der Waals surface area contributed by atoms with Crippen LogP contribution in [0.2, 0.25) is 0 Å². The van der Waals surface area contributed by atoms with Gasteiger partial charge in [-0.1, -0.05) is 19.1 Å². The summed E-state index contributed by atoms with van der Waals surface area (Å²) in [5, 5.41) is 3.45. The van der Waals surface area contributed by atoms with Crippen LogP contribution in [-0.4, -0.2) is 26.2 Å². The van der Waals surface area contributed by atoms with Gasteiger partial charge in [-0.05, 0) is 62.0 Å². The molecule has 0 bridgehead atoms. The quantitative estimate of drug-likeness (QED) is 0.754. The monoisotopic (exact) mass is 248 g/mol. The first kappa shape index (κ1) is 13.4. The lowest BCUT2D eigenvalue weighted by atomic mass is 10.0. The van der Waals surface area contributed by atoms with E-state index in [1.165, 1.54) is 11.1 Å². The van der Waals surface area contributed by atoms with Crippen molar-refractivity contribution in [1.29, 1.82) is 0 Å². The second kappa shape index (κ2) is 6.76. The van der Waals surface area contributed by atoms with Gasteiger partial charge in [-0.2, -0.15) is 0 Å². The van der Waals surface area contributed by atoms with Gasteiger partial charge in [0.05, 0.1) is 6.61 Å². The summed E-state index contributed by atoms with van der Waals surface area (Å²) in [7, 11) is 0. The van der Waals surface area contributed by atoms with Crippen molar-refractivity contribution >= 4 is 0 Å². The zero-order valence-corrected chi connectivity index (χ0v) is 11.2. The highest BCUT2D eigenvalue weighted by Gasteiger charge is 2.10. The number of hydrogen-bond donors (Lipinski definition) is 2. The molecule has 0 spiro atoms. The third-order valence-corrected chi connectivity index (χ3v) is 3.46. The van der Waals surface area contributed by atoms with Crippen molar-refractivity contribution in [3.05, 3.63) is 29.3 Å². The summed E-state index contributed by atoms with van der Waals surface area (Å²) in [5.74, 6) is 1.64. The lowest BCUT2D eigenvalue weighted by molar-refractivity contribution is 0.288. The molecule has 0 fully saturated rings. The molecular formula is C15H24N2O. The molecule has 2 rings (SSSR count). The van der Waals surface area contributed by atoms with E-state index in [0.717, 1.165) is 51.3 Å². The number of benzene rings is 1. The van der Waals surface area contributed by atoms with Gasteiger partial charge in [-0.15, -0.1) is 0 Å². The van der Waals surface area contributed by atoms with E-state index in [0.29, 0.717) is 5.92 Å². The number of aryl methyl sites for hydroxylation is 1. The molecule has 18 heavy (non-hydrogen) atoms. The molecule has 0 saturated heterocycles. The van der Waals surface area contributed by atoms with Crippen molar-refractivity contribution in [2.45, 2.75) is 26.2 Å². The molecule has 0 aliphatic carbocycles. The fourth-order valence-electron chi connectivity index (χ4n) is 2.23. The summed E-state index contributed by atoms with van der Waals surface area (Å²) < 4.78 is 5.62. The van der Waals surface area contributed by atoms with Crippen LogP contribution >= 0.6 is 0 Å². The van der Waals surface area contributed by atoms with Crippen LogP contribution in [0.3, 0.4) is 0 Å². The number of ether oxygens (including phenoxy) is 1. The van der Waals surface area contributed by atoms with Gasteiger partial charge in [0.15, 0.2) is 0 Å². The molecule has 100 valence electrons. The van der Waals surface area contributed by atoms with Crippen LogP contribution in [0.1, 0.15) is 24.5 Å². The number of fused-ring (bicyclic) bond motifs is 1. The SMILES string of the molecule is CC(CN)CNCCc1ccc2c(c1)CCCO2. The molecule has 3 N–H and O–H groups in total. The predicted octanol–water partition coefficient (Wildman–Crippen LogP) is 1.74. The highest BCUT2D eigenvalue weighted by atomic mass is 16.5. The van der Waals surface area contributed by atoms with Crippen molar-refractivity contribution in [3.8, 4) is 5.75 Å². The standard InChI is InChI=1S/C15H24N2O/c1-12(10-16)11-17-7-6-13-4-5-15-14(9-13)3-2-8-18-15/h4-5,9,12,17H,2-3,6-8,10-11,16H2,1H3. The molecule has 0 aromatic heterocycles. The third-order valence-electron chi connectivity index (χ3n) is 3.46. The Kier molecular flexibility index (Phi) is 5.02. The first-order chi connectivity index (χ1) is 8.79. The Morgan fingerprint density at radius 3 is 3.17 bits per heavy atom. The van der Waals surface area contributed by atoms with Crippen molar-refractivity contribution in [3.63, 3.8) is 0 Å². The first-order valence-electron chi connectivity index (χ1n) is 6.95. The van der Waals surface area contributed by atoms with Crippen LogP contribution in [-0.2, 0) is 12.8 Å². The Bertz CT molecular complexity index is 379.